The van der Waals surface area contributed by atoms with E-state index in [9.17, 15) is 4.79 Å². The number of halogens is 1. The normalized spacial score (nSPS) is 10.7. The highest BCUT2D eigenvalue weighted by molar-refractivity contribution is 6.33. The van der Waals surface area contributed by atoms with Gasteiger partial charge in [0.25, 0.3) is 0 Å². The van der Waals surface area contributed by atoms with Crippen molar-refractivity contribution >= 4 is 29.3 Å². The largest absolute Gasteiger partial charge is 0.490 e. The van der Waals surface area contributed by atoms with E-state index in [1.54, 1.807) is 18.2 Å². The minimum atomic E-state index is -0.251. The van der Waals surface area contributed by atoms with Gasteiger partial charge in [-0.25, -0.2) is 0 Å². The fourth-order valence-corrected chi connectivity index (χ4v) is 2.43. The molecule has 26 heavy (non-hydrogen) atoms. The molecule has 0 aromatic heterocycles. The van der Waals surface area contributed by atoms with Crippen molar-refractivity contribution in [2.75, 3.05) is 18.5 Å². The smallest absolute Gasteiger partial charge is 0.248 e. The van der Waals surface area contributed by atoms with Crippen LogP contribution in [0.25, 0.3) is 6.08 Å². The number of hydrogen-bond donors (Lipinski definition) is 1. The van der Waals surface area contributed by atoms with Crippen molar-refractivity contribution in [2.45, 2.75) is 26.7 Å². The number of amides is 1. The lowest BCUT2D eigenvalue weighted by atomic mass is 10.2. The van der Waals surface area contributed by atoms with E-state index in [0.717, 1.165) is 24.2 Å². The number of hydrogen-bond acceptors (Lipinski definition) is 3. The lowest BCUT2D eigenvalue weighted by molar-refractivity contribution is -0.111. The maximum Gasteiger partial charge on any atom is 0.248 e. The number of unbranched alkanes of at least 4 members (excludes halogenated alkanes) is 1. The molecule has 0 fully saturated rings. The van der Waals surface area contributed by atoms with Crippen LogP contribution in [0.1, 0.15) is 32.3 Å². The number of benzene rings is 2. The van der Waals surface area contributed by atoms with Crippen molar-refractivity contribution < 1.29 is 14.3 Å². The van der Waals surface area contributed by atoms with E-state index < -0.39 is 0 Å². The highest BCUT2D eigenvalue weighted by Gasteiger charge is 2.06. The highest BCUT2D eigenvalue weighted by atomic mass is 35.5. The lowest BCUT2D eigenvalue weighted by Gasteiger charge is -2.12. The number of nitrogens with one attached hydrogen (secondary N) is 1. The zero-order valence-electron chi connectivity index (χ0n) is 15.1. The number of para-hydroxylation sites is 1. The summed E-state index contributed by atoms with van der Waals surface area (Å²) in [6.45, 7) is 5.25. The predicted octanol–water partition coefficient (Wildman–Crippen LogP) is 5.57. The first-order valence-electron chi connectivity index (χ1n) is 8.77. The van der Waals surface area contributed by atoms with Gasteiger partial charge in [0.2, 0.25) is 5.91 Å². The molecule has 1 amide bonds. The van der Waals surface area contributed by atoms with Crippen LogP contribution in [0.15, 0.2) is 48.5 Å². The summed E-state index contributed by atoms with van der Waals surface area (Å²) in [5, 5.41) is 3.25. The summed E-state index contributed by atoms with van der Waals surface area (Å²) in [7, 11) is 0. The van der Waals surface area contributed by atoms with Gasteiger partial charge in [0, 0.05) is 6.08 Å². The Morgan fingerprint density at radius 2 is 1.92 bits per heavy atom. The monoisotopic (exact) mass is 373 g/mol. The van der Waals surface area contributed by atoms with Crippen LogP contribution in [0.5, 0.6) is 11.5 Å². The topological polar surface area (TPSA) is 47.6 Å². The molecule has 0 atom stereocenters. The maximum atomic E-state index is 12.1. The molecule has 0 spiro atoms. The molecule has 0 aliphatic carbocycles. The Balaban J connectivity index is 2.05. The fourth-order valence-electron chi connectivity index (χ4n) is 2.25. The summed E-state index contributed by atoms with van der Waals surface area (Å²) in [6.07, 6.45) is 5.26. The number of anilines is 1. The van der Waals surface area contributed by atoms with E-state index in [1.807, 2.05) is 37.3 Å². The van der Waals surface area contributed by atoms with E-state index in [1.165, 1.54) is 6.08 Å². The van der Waals surface area contributed by atoms with E-state index in [4.69, 9.17) is 21.1 Å². The van der Waals surface area contributed by atoms with Gasteiger partial charge in [0.05, 0.1) is 23.9 Å². The summed E-state index contributed by atoms with van der Waals surface area (Å²) in [6, 6.07) is 12.7. The van der Waals surface area contributed by atoms with Gasteiger partial charge in [-0.1, -0.05) is 43.1 Å². The van der Waals surface area contributed by atoms with Crippen molar-refractivity contribution in [2.24, 2.45) is 0 Å². The number of rotatable bonds is 9. The molecule has 5 heteroatoms. The first kappa shape index (κ1) is 19.9. The first-order valence-corrected chi connectivity index (χ1v) is 9.15. The first-order chi connectivity index (χ1) is 12.6. The third kappa shape index (κ3) is 6.12. The van der Waals surface area contributed by atoms with Gasteiger partial charge in [0.1, 0.15) is 0 Å². The van der Waals surface area contributed by atoms with Crippen LogP contribution in [0.3, 0.4) is 0 Å². The predicted molar refractivity (Wildman–Crippen MR) is 107 cm³/mol. The molecule has 2 rings (SSSR count). The molecule has 0 bridgehead atoms. The molecule has 2 aromatic carbocycles. The van der Waals surface area contributed by atoms with Crippen LogP contribution in [0.4, 0.5) is 5.69 Å². The van der Waals surface area contributed by atoms with Crippen LogP contribution in [-0.2, 0) is 4.79 Å². The molecule has 0 saturated carbocycles. The highest BCUT2D eigenvalue weighted by Crippen LogP contribution is 2.29. The number of carbonyl (C=O) groups is 1. The molecule has 1 N–H and O–H groups in total. The summed E-state index contributed by atoms with van der Waals surface area (Å²) < 4.78 is 11.4. The van der Waals surface area contributed by atoms with Crippen LogP contribution in [-0.4, -0.2) is 19.1 Å². The van der Waals surface area contributed by atoms with Gasteiger partial charge in [-0.05, 0) is 49.2 Å². The summed E-state index contributed by atoms with van der Waals surface area (Å²) in [5.74, 6) is 1.15. The van der Waals surface area contributed by atoms with Crippen LogP contribution >= 0.6 is 11.6 Å². The molecule has 4 nitrogen and oxygen atoms in total. The molecular weight excluding hydrogens is 350 g/mol. The lowest BCUT2D eigenvalue weighted by Crippen LogP contribution is -2.08. The van der Waals surface area contributed by atoms with Crippen molar-refractivity contribution in [3.05, 3.63) is 59.1 Å². The Hall–Kier alpha value is -2.46. The van der Waals surface area contributed by atoms with E-state index in [-0.39, 0.29) is 5.91 Å². The molecule has 0 heterocycles. The van der Waals surface area contributed by atoms with E-state index >= 15 is 0 Å². The average molecular weight is 374 g/mol. The molecule has 0 aliphatic rings. The Kier molecular flexibility index (Phi) is 8.03. The second-order valence-electron chi connectivity index (χ2n) is 5.64. The zero-order valence-corrected chi connectivity index (χ0v) is 15.9. The number of carbonyl (C=O) groups excluding carboxylic acids is 1. The Morgan fingerprint density at radius 1 is 1.12 bits per heavy atom. The van der Waals surface area contributed by atoms with Gasteiger partial charge < -0.3 is 14.8 Å². The molecule has 0 unspecified atom stereocenters. The standard InChI is InChI=1S/C21H24ClNO3/c1-3-5-14-26-19-12-10-16(15-20(19)25-4-2)11-13-21(24)23-18-9-7-6-8-17(18)22/h6-13,15H,3-5,14H2,1-2H3,(H,23,24)/b13-11+. The minimum Gasteiger partial charge on any atom is -0.490 e. The van der Waals surface area contributed by atoms with Crippen LogP contribution in [0.2, 0.25) is 5.02 Å². The summed E-state index contributed by atoms with van der Waals surface area (Å²) >= 11 is 6.04. The third-order valence-electron chi connectivity index (χ3n) is 3.58. The zero-order chi connectivity index (χ0) is 18.8. The van der Waals surface area contributed by atoms with Crippen LogP contribution < -0.4 is 14.8 Å². The van der Waals surface area contributed by atoms with Gasteiger partial charge in [0.15, 0.2) is 11.5 Å². The summed E-state index contributed by atoms with van der Waals surface area (Å²) in [4.78, 5) is 12.1. The van der Waals surface area contributed by atoms with E-state index in [0.29, 0.717) is 29.7 Å². The summed E-state index contributed by atoms with van der Waals surface area (Å²) in [5.41, 5.74) is 1.43. The van der Waals surface area contributed by atoms with Gasteiger partial charge in [-0.3, -0.25) is 4.79 Å². The molecule has 0 aliphatic heterocycles. The average Bonchev–Trinajstić information content (AvgIpc) is 2.64. The quantitative estimate of drug-likeness (QED) is 0.461. The molecule has 2 aromatic rings. The van der Waals surface area contributed by atoms with E-state index in [2.05, 4.69) is 12.2 Å². The molecule has 0 saturated heterocycles. The second kappa shape index (κ2) is 10.5. The fraction of sp³-hybridized carbons (Fsp3) is 0.286. The van der Waals surface area contributed by atoms with Crippen molar-refractivity contribution in [3.63, 3.8) is 0 Å². The van der Waals surface area contributed by atoms with Crippen LogP contribution in [0, 0.1) is 0 Å². The maximum absolute atomic E-state index is 12.1. The number of ether oxygens (including phenoxy) is 2. The Morgan fingerprint density at radius 3 is 2.65 bits per heavy atom. The third-order valence-corrected chi connectivity index (χ3v) is 3.91. The van der Waals surface area contributed by atoms with Crippen molar-refractivity contribution in [1.82, 2.24) is 0 Å². The molecular formula is C21H24ClNO3. The van der Waals surface area contributed by atoms with Gasteiger partial charge in [-0.15, -0.1) is 0 Å². The second-order valence-corrected chi connectivity index (χ2v) is 6.05. The molecule has 0 radical (unpaired) electrons. The SMILES string of the molecule is CCCCOc1ccc(/C=C/C(=O)Nc2ccccc2Cl)cc1OCC. The minimum absolute atomic E-state index is 0.251. The van der Waals surface area contributed by atoms with Crippen molar-refractivity contribution in [1.29, 1.82) is 0 Å². The van der Waals surface area contributed by atoms with Crippen molar-refractivity contribution in [3.8, 4) is 11.5 Å². The Bertz CT molecular complexity index is 759. The molecule has 138 valence electrons. The van der Waals surface area contributed by atoms with Gasteiger partial charge in [-0.2, -0.15) is 0 Å². The van der Waals surface area contributed by atoms with Gasteiger partial charge >= 0.3 is 0 Å². The Labute approximate surface area is 159 Å².